The molecule has 0 radical (unpaired) electrons. The number of hydrogen-bond acceptors (Lipinski definition) is 5. The predicted octanol–water partition coefficient (Wildman–Crippen LogP) is 3.03. The van der Waals surface area contributed by atoms with Crippen LogP contribution in [0.15, 0.2) is 53.4 Å². The highest BCUT2D eigenvalue weighted by Crippen LogP contribution is 2.25. The molecule has 0 saturated carbocycles. The standard InChI is InChI=1S/C20H20FNO5S/c1-14(23)15-2-6-18(7-3-15)27-20(24)16-10-12-22(13-11-16)28(25,26)19-8-4-17(21)5-9-19/h2-9,16H,10-13H2,1H3. The number of hydrogen-bond donors (Lipinski definition) is 0. The van der Waals surface area contributed by atoms with E-state index in [1.54, 1.807) is 24.3 Å². The Hall–Kier alpha value is -2.58. The highest BCUT2D eigenvalue weighted by molar-refractivity contribution is 7.89. The summed E-state index contributed by atoms with van der Waals surface area (Å²) in [6.45, 7) is 1.82. The lowest BCUT2D eigenvalue weighted by molar-refractivity contribution is -0.140. The molecule has 0 aliphatic carbocycles. The molecule has 1 aliphatic heterocycles. The van der Waals surface area contributed by atoms with E-state index >= 15 is 0 Å². The quantitative estimate of drug-likeness (QED) is 0.434. The number of halogens is 1. The van der Waals surface area contributed by atoms with Crippen molar-refractivity contribution < 1.29 is 27.1 Å². The predicted molar refractivity (Wildman–Crippen MR) is 100.0 cm³/mol. The number of benzene rings is 2. The van der Waals surface area contributed by atoms with Gasteiger partial charge in [-0.3, -0.25) is 9.59 Å². The van der Waals surface area contributed by atoms with Crippen molar-refractivity contribution in [2.45, 2.75) is 24.7 Å². The second-order valence-corrected chi connectivity index (χ2v) is 8.57. The van der Waals surface area contributed by atoms with E-state index in [1.807, 2.05) is 0 Å². The van der Waals surface area contributed by atoms with Crippen LogP contribution in [0.1, 0.15) is 30.1 Å². The van der Waals surface area contributed by atoms with Crippen LogP contribution in [0.25, 0.3) is 0 Å². The molecular formula is C20H20FNO5S. The lowest BCUT2D eigenvalue weighted by Crippen LogP contribution is -2.41. The van der Waals surface area contributed by atoms with Gasteiger partial charge >= 0.3 is 5.97 Å². The number of sulfonamides is 1. The van der Waals surface area contributed by atoms with Crippen LogP contribution in [0.3, 0.4) is 0 Å². The maximum absolute atomic E-state index is 13.0. The Bertz CT molecular complexity index is 963. The van der Waals surface area contributed by atoms with Gasteiger partial charge in [-0.2, -0.15) is 4.31 Å². The van der Waals surface area contributed by atoms with Crippen molar-refractivity contribution in [2.24, 2.45) is 5.92 Å². The zero-order valence-electron chi connectivity index (χ0n) is 15.3. The van der Waals surface area contributed by atoms with Crippen molar-refractivity contribution in [1.29, 1.82) is 0 Å². The van der Waals surface area contributed by atoms with Crippen LogP contribution in [0.5, 0.6) is 5.75 Å². The molecule has 1 saturated heterocycles. The summed E-state index contributed by atoms with van der Waals surface area (Å²) in [5, 5.41) is 0. The van der Waals surface area contributed by atoms with Gasteiger partial charge in [-0.05, 0) is 68.3 Å². The lowest BCUT2D eigenvalue weighted by Gasteiger charge is -2.30. The van der Waals surface area contributed by atoms with Gasteiger partial charge < -0.3 is 4.74 Å². The fourth-order valence-electron chi connectivity index (χ4n) is 3.04. The van der Waals surface area contributed by atoms with Gasteiger partial charge in [0.2, 0.25) is 10.0 Å². The number of piperidine rings is 1. The molecule has 3 rings (SSSR count). The van der Waals surface area contributed by atoms with Gasteiger partial charge in [-0.25, -0.2) is 12.8 Å². The molecule has 2 aromatic rings. The summed E-state index contributed by atoms with van der Waals surface area (Å²) in [7, 11) is -3.72. The molecule has 1 fully saturated rings. The molecule has 0 spiro atoms. The molecule has 28 heavy (non-hydrogen) atoms. The van der Waals surface area contributed by atoms with Gasteiger partial charge in [0.05, 0.1) is 10.8 Å². The van der Waals surface area contributed by atoms with E-state index in [0.717, 1.165) is 12.1 Å². The third-order valence-electron chi connectivity index (χ3n) is 4.72. The summed E-state index contributed by atoms with van der Waals surface area (Å²) in [6, 6.07) is 11.0. The minimum atomic E-state index is -3.72. The summed E-state index contributed by atoms with van der Waals surface area (Å²) >= 11 is 0. The monoisotopic (exact) mass is 405 g/mol. The van der Waals surface area contributed by atoms with E-state index in [1.165, 1.54) is 23.4 Å². The van der Waals surface area contributed by atoms with Crippen LogP contribution in [-0.2, 0) is 14.8 Å². The minimum absolute atomic E-state index is 0.0282. The van der Waals surface area contributed by atoms with Crippen LogP contribution in [0.2, 0.25) is 0 Å². The van der Waals surface area contributed by atoms with Gasteiger partial charge in [0, 0.05) is 18.7 Å². The van der Waals surface area contributed by atoms with E-state index in [4.69, 9.17) is 4.74 Å². The largest absolute Gasteiger partial charge is 0.426 e. The van der Waals surface area contributed by atoms with Gasteiger partial charge in [0.15, 0.2) is 5.78 Å². The maximum atomic E-state index is 13.0. The molecule has 0 bridgehead atoms. The summed E-state index contributed by atoms with van der Waals surface area (Å²) in [5.74, 6) is -1.07. The van der Waals surface area contributed by atoms with Crippen molar-refractivity contribution in [1.82, 2.24) is 4.31 Å². The third-order valence-corrected chi connectivity index (χ3v) is 6.63. The Morgan fingerprint density at radius 1 is 1.00 bits per heavy atom. The number of Topliss-reactive ketones (excluding diaryl/α,β-unsaturated/α-hetero) is 1. The molecule has 8 heteroatoms. The fraction of sp³-hybridized carbons (Fsp3) is 0.300. The van der Waals surface area contributed by atoms with E-state index in [9.17, 15) is 22.4 Å². The Balaban J connectivity index is 1.59. The molecule has 0 atom stereocenters. The Morgan fingerprint density at radius 3 is 2.11 bits per heavy atom. The van der Waals surface area contributed by atoms with Gasteiger partial charge in [0.25, 0.3) is 0 Å². The highest BCUT2D eigenvalue weighted by Gasteiger charge is 2.33. The van der Waals surface area contributed by atoms with Crippen LogP contribution in [-0.4, -0.2) is 37.6 Å². The highest BCUT2D eigenvalue weighted by atomic mass is 32.2. The lowest BCUT2D eigenvalue weighted by atomic mass is 9.98. The number of rotatable bonds is 5. The second kappa shape index (κ2) is 8.20. The van der Waals surface area contributed by atoms with E-state index < -0.39 is 27.7 Å². The molecule has 6 nitrogen and oxygen atoms in total. The molecular weight excluding hydrogens is 385 g/mol. The fourth-order valence-corrected chi connectivity index (χ4v) is 4.51. The zero-order chi connectivity index (χ0) is 20.3. The van der Waals surface area contributed by atoms with E-state index in [2.05, 4.69) is 0 Å². The molecule has 0 amide bonds. The first-order chi connectivity index (χ1) is 13.3. The molecule has 0 aromatic heterocycles. The first-order valence-corrected chi connectivity index (χ1v) is 10.3. The number of ether oxygens (including phenoxy) is 1. The molecule has 0 N–H and O–H groups in total. The molecule has 0 unspecified atom stereocenters. The normalized spacial score (nSPS) is 15.9. The average molecular weight is 405 g/mol. The van der Waals surface area contributed by atoms with Gasteiger partial charge in [-0.1, -0.05) is 0 Å². The molecule has 1 aliphatic rings. The smallest absolute Gasteiger partial charge is 0.314 e. The summed E-state index contributed by atoms with van der Waals surface area (Å²) in [5.41, 5.74) is 0.527. The first-order valence-electron chi connectivity index (χ1n) is 8.86. The number of carbonyl (C=O) groups is 2. The molecule has 148 valence electrons. The van der Waals surface area contributed by atoms with Crippen LogP contribution in [0, 0.1) is 11.7 Å². The van der Waals surface area contributed by atoms with Crippen molar-refractivity contribution in [2.75, 3.05) is 13.1 Å². The van der Waals surface area contributed by atoms with Crippen molar-refractivity contribution >= 4 is 21.8 Å². The minimum Gasteiger partial charge on any atom is -0.426 e. The van der Waals surface area contributed by atoms with Crippen molar-refractivity contribution in [3.63, 3.8) is 0 Å². The summed E-state index contributed by atoms with van der Waals surface area (Å²) < 4.78 is 44.9. The Morgan fingerprint density at radius 2 is 1.57 bits per heavy atom. The molecule has 1 heterocycles. The zero-order valence-corrected chi connectivity index (χ0v) is 16.1. The SMILES string of the molecule is CC(=O)c1ccc(OC(=O)C2CCN(S(=O)(=O)c3ccc(F)cc3)CC2)cc1. The van der Waals surface area contributed by atoms with E-state index in [-0.39, 0.29) is 23.8 Å². The van der Waals surface area contributed by atoms with E-state index in [0.29, 0.717) is 24.2 Å². The van der Waals surface area contributed by atoms with Crippen LogP contribution >= 0.6 is 0 Å². The Labute approximate surface area is 163 Å². The summed E-state index contributed by atoms with van der Waals surface area (Å²) in [6.07, 6.45) is 0.676. The van der Waals surface area contributed by atoms with Gasteiger partial charge in [0.1, 0.15) is 11.6 Å². The number of nitrogens with zero attached hydrogens (tertiary/aromatic N) is 1. The number of ketones is 1. The molecule has 2 aromatic carbocycles. The Kier molecular flexibility index (Phi) is 5.90. The van der Waals surface area contributed by atoms with Crippen molar-refractivity contribution in [3.8, 4) is 5.75 Å². The van der Waals surface area contributed by atoms with Crippen LogP contribution in [0.4, 0.5) is 4.39 Å². The third kappa shape index (κ3) is 4.45. The first kappa shape index (κ1) is 20.2. The number of carbonyl (C=O) groups excluding carboxylic acids is 2. The second-order valence-electron chi connectivity index (χ2n) is 6.63. The average Bonchev–Trinajstić information content (AvgIpc) is 2.69. The topological polar surface area (TPSA) is 80.8 Å². The number of esters is 1. The maximum Gasteiger partial charge on any atom is 0.314 e. The van der Waals surface area contributed by atoms with Crippen molar-refractivity contribution in [3.05, 3.63) is 59.9 Å². The van der Waals surface area contributed by atoms with Gasteiger partial charge in [-0.15, -0.1) is 0 Å². The summed E-state index contributed by atoms with van der Waals surface area (Å²) in [4.78, 5) is 23.7. The van der Waals surface area contributed by atoms with Crippen LogP contribution < -0.4 is 4.74 Å².